The number of amides is 2. The fourth-order valence-electron chi connectivity index (χ4n) is 2.25. The number of aromatic nitrogens is 1. The normalized spacial score (nSPS) is 14.4. The molecule has 0 atom stereocenters. The van der Waals surface area contributed by atoms with Crippen molar-refractivity contribution in [2.75, 3.05) is 29.9 Å². The number of benzene rings is 1. The molecule has 0 saturated carbocycles. The lowest BCUT2D eigenvalue weighted by atomic mass is 10.1. The van der Waals surface area contributed by atoms with Crippen LogP contribution in [0.3, 0.4) is 0 Å². The molecule has 1 aromatic carbocycles. The van der Waals surface area contributed by atoms with Crippen LogP contribution in [-0.4, -0.2) is 56.5 Å². The summed E-state index contributed by atoms with van der Waals surface area (Å²) in [4.78, 5) is 29.9. The predicted molar refractivity (Wildman–Crippen MR) is 93.4 cm³/mol. The smallest absolute Gasteiger partial charge is 0.315 e. The number of hydrogen-bond donors (Lipinski definition) is 3. The molecular formula is C15H15N3O4S2. The van der Waals surface area contributed by atoms with Crippen molar-refractivity contribution in [3.63, 3.8) is 0 Å². The fraction of sp³-hybridized carbons (Fsp3) is 0.267. The molecule has 2 heterocycles. The number of anilines is 1. The highest BCUT2D eigenvalue weighted by molar-refractivity contribution is 7.99. The van der Waals surface area contributed by atoms with Gasteiger partial charge in [0.1, 0.15) is 11.5 Å². The van der Waals surface area contributed by atoms with Crippen LogP contribution in [0.25, 0.3) is 11.3 Å². The second-order valence-corrected chi connectivity index (χ2v) is 7.18. The monoisotopic (exact) mass is 365 g/mol. The summed E-state index contributed by atoms with van der Waals surface area (Å²) in [7, 11) is 0. The zero-order valence-corrected chi connectivity index (χ0v) is 14.2. The Balaban J connectivity index is 1.69. The molecule has 0 aliphatic carbocycles. The van der Waals surface area contributed by atoms with Crippen molar-refractivity contribution < 1.29 is 19.8 Å². The first-order valence-electron chi connectivity index (χ1n) is 7.20. The highest BCUT2D eigenvalue weighted by Gasteiger charge is 2.24. The highest BCUT2D eigenvalue weighted by Crippen LogP contribution is 2.33. The van der Waals surface area contributed by atoms with Gasteiger partial charge in [-0.3, -0.25) is 14.9 Å². The van der Waals surface area contributed by atoms with Crippen LogP contribution in [0.2, 0.25) is 0 Å². The molecule has 1 saturated heterocycles. The van der Waals surface area contributed by atoms with Gasteiger partial charge in [-0.15, -0.1) is 11.3 Å². The minimum Gasteiger partial charge on any atom is -0.508 e. The summed E-state index contributed by atoms with van der Waals surface area (Å²) in [6, 6.07) is 4.18. The van der Waals surface area contributed by atoms with Crippen molar-refractivity contribution in [1.29, 1.82) is 0 Å². The van der Waals surface area contributed by atoms with Crippen molar-refractivity contribution in [3.8, 4) is 22.8 Å². The van der Waals surface area contributed by atoms with Crippen molar-refractivity contribution in [1.82, 2.24) is 9.88 Å². The summed E-state index contributed by atoms with van der Waals surface area (Å²) in [5, 5.41) is 23.6. The predicted octanol–water partition coefficient (Wildman–Crippen LogP) is 1.74. The van der Waals surface area contributed by atoms with E-state index in [0.717, 1.165) is 22.8 Å². The molecule has 1 aromatic heterocycles. The SMILES string of the molecule is O=C(Nc1nc(-c2ccc(O)cc2O)cs1)C(=O)N1CCSCC1. The quantitative estimate of drug-likeness (QED) is 0.701. The minimum absolute atomic E-state index is 0.0507. The van der Waals surface area contributed by atoms with Crippen LogP contribution in [0.4, 0.5) is 5.13 Å². The number of aromatic hydroxyl groups is 2. The molecule has 7 nitrogen and oxygen atoms in total. The van der Waals surface area contributed by atoms with Gasteiger partial charge in [0.25, 0.3) is 0 Å². The summed E-state index contributed by atoms with van der Waals surface area (Å²) in [5.74, 6) is 0.240. The number of phenols is 2. The maximum atomic E-state index is 12.1. The second kappa shape index (κ2) is 7.10. The van der Waals surface area contributed by atoms with E-state index in [2.05, 4.69) is 10.3 Å². The van der Waals surface area contributed by atoms with Crippen LogP contribution in [0.5, 0.6) is 11.5 Å². The molecule has 126 valence electrons. The maximum Gasteiger partial charge on any atom is 0.315 e. The third-order valence-electron chi connectivity index (χ3n) is 3.47. The molecular weight excluding hydrogens is 350 g/mol. The number of nitrogens with one attached hydrogen (secondary N) is 1. The molecule has 0 unspecified atom stereocenters. The number of rotatable bonds is 2. The number of nitrogens with zero attached hydrogens (tertiary/aromatic N) is 2. The van der Waals surface area contributed by atoms with Crippen LogP contribution in [0.1, 0.15) is 0 Å². The Hall–Kier alpha value is -2.26. The second-order valence-electron chi connectivity index (χ2n) is 5.10. The fourth-order valence-corrected chi connectivity index (χ4v) is 3.86. The number of thioether (sulfide) groups is 1. The van der Waals surface area contributed by atoms with E-state index in [-0.39, 0.29) is 16.6 Å². The molecule has 2 amide bonds. The summed E-state index contributed by atoms with van der Waals surface area (Å²) < 4.78 is 0. The van der Waals surface area contributed by atoms with Crippen LogP contribution in [-0.2, 0) is 9.59 Å². The molecule has 1 fully saturated rings. The average molecular weight is 365 g/mol. The first kappa shape index (κ1) is 16.6. The van der Waals surface area contributed by atoms with E-state index in [0.29, 0.717) is 24.3 Å². The highest BCUT2D eigenvalue weighted by atomic mass is 32.2. The lowest BCUT2D eigenvalue weighted by molar-refractivity contribution is -0.142. The van der Waals surface area contributed by atoms with Crippen molar-refractivity contribution >= 4 is 40.0 Å². The van der Waals surface area contributed by atoms with E-state index in [9.17, 15) is 19.8 Å². The zero-order chi connectivity index (χ0) is 17.1. The van der Waals surface area contributed by atoms with Crippen LogP contribution < -0.4 is 5.32 Å². The van der Waals surface area contributed by atoms with E-state index in [4.69, 9.17) is 0 Å². The molecule has 24 heavy (non-hydrogen) atoms. The maximum absolute atomic E-state index is 12.1. The Morgan fingerprint density at radius 1 is 1.21 bits per heavy atom. The van der Waals surface area contributed by atoms with E-state index < -0.39 is 11.8 Å². The molecule has 9 heteroatoms. The Morgan fingerprint density at radius 3 is 2.67 bits per heavy atom. The Kier molecular flexibility index (Phi) is 4.91. The Bertz CT molecular complexity index is 772. The molecule has 0 radical (unpaired) electrons. The Labute approximate surface area is 146 Å². The molecule has 3 rings (SSSR count). The van der Waals surface area contributed by atoms with Gasteiger partial charge in [0.15, 0.2) is 5.13 Å². The van der Waals surface area contributed by atoms with Gasteiger partial charge >= 0.3 is 11.8 Å². The molecule has 0 bridgehead atoms. The van der Waals surface area contributed by atoms with Gasteiger partial charge in [-0.1, -0.05) is 0 Å². The van der Waals surface area contributed by atoms with Gasteiger partial charge < -0.3 is 15.1 Å². The molecule has 2 aromatic rings. The first-order valence-corrected chi connectivity index (χ1v) is 9.24. The number of thiazole rings is 1. The number of phenolic OH excluding ortho intramolecular Hbond substituents is 2. The van der Waals surface area contributed by atoms with Gasteiger partial charge in [-0.25, -0.2) is 4.98 Å². The van der Waals surface area contributed by atoms with Gasteiger partial charge in [-0.2, -0.15) is 11.8 Å². The van der Waals surface area contributed by atoms with Gasteiger partial charge in [0.05, 0.1) is 5.69 Å². The largest absolute Gasteiger partial charge is 0.508 e. The van der Waals surface area contributed by atoms with Gasteiger partial charge in [-0.05, 0) is 12.1 Å². The molecule has 1 aliphatic heterocycles. The van der Waals surface area contributed by atoms with Crippen LogP contribution in [0.15, 0.2) is 23.6 Å². The summed E-state index contributed by atoms with van der Waals surface area (Å²) in [6.07, 6.45) is 0. The number of carbonyl (C=O) groups excluding carboxylic acids is 2. The average Bonchev–Trinajstić information content (AvgIpc) is 3.03. The number of hydrogen-bond acceptors (Lipinski definition) is 7. The summed E-state index contributed by atoms with van der Waals surface area (Å²) >= 11 is 2.92. The van der Waals surface area contributed by atoms with Crippen molar-refractivity contribution in [2.45, 2.75) is 0 Å². The molecule has 1 aliphatic rings. The molecule has 0 spiro atoms. The minimum atomic E-state index is -0.710. The zero-order valence-electron chi connectivity index (χ0n) is 12.6. The standard InChI is InChI=1S/C15H15N3O4S2/c19-9-1-2-10(12(20)7-9)11-8-24-15(16-11)17-13(21)14(22)18-3-5-23-6-4-18/h1-2,7-8,19-20H,3-6H2,(H,16,17,21). The van der Waals surface area contributed by atoms with Crippen molar-refractivity contribution in [2.24, 2.45) is 0 Å². The van der Waals surface area contributed by atoms with E-state index >= 15 is 0 Å². The number of carbonyl (C=O) groups is 2. The lowest BCUT2D eigenvalue weighted by Crippen LogP contribution is -2.44. The van der Waals surface area contributed by atoms with E-state index in [1.165, 1.54) is 23.1 Å². The Morgan fingerprint density at radius 2 is 1.96 bits per heavy atom. The molecule has 3 N–H and O–H groups in total. The van der Waals surface area contributed by atoms with E-state index in [1.54, 1.807) is 17.1 Å². The summed E-state index contributed by atoms with van der Waals surface area (Å²) in [6.45, 7) is 1.14. The third-order valence-corrected chi connectivity index (χ3v) is 5.17. The third kappa shape index (κ3) is 3.62. The van der Waals surface area contributed by atoms with Gasteiger partial charge in [0, 0.05) is 41.6 Å². The summed E-state index contributed by atoms with van der Waals surface area (Å²) in [5.41, 5.74) is 0.888. The van der Waals surface area contributed by atoms with Crippen LogP contribution >= 0.6 is 23.1 Å². The van der Waals surface area contributed by atoms with Crippen LogP contribution in [0, 0.1) is 0 Å². The van der Waals surface area contributed by atoms with E-state index in [1.807, 2.05) is 0 Å². The topological polar surface area (TPSA) is 103 Å². The lowest BCUT2D eigenvalue weighted by Gasteiger charge is -2.25. The first-order chi connectivity index (χ1) is 11.5. The van der Waals surface area contributed by atoms with Crippen molar-refractivity contribution in [3.05, 3.63) is 23.6 Å². The van der Waals surface area contributed by atoms with Gasteiger partial charge in [0.2, 0.25) is 0 Å².